The number of methoxy groups -OCH3 is 1. The molecule has 7 nitrogen and oxygen atoms in total. The van der Waals surface area contributed by atoms with Crippen LogP contribution in [0.25, 0.3) is 0 Å². The second-order valence-corrected chi connectivity index (χ2v) is 4.02. The number of ether oxygens (including phenoxy) is 1. The molecule has 0 fully saturated rings. The van der Waals surface area contributed by atoms with Gasteiger partial charge >= 0.3 is 12.0 Å². The lowest BCUT2D eigenvalue weighted by Gasteiger charge is -2.10. The van der Waals surface area contributed by atoms with Gasteiger partial charge in [0.05, 0.1) is 12.8 Å². The number of aromatic carboxylic acids is 1. The number of rotatable bonds is 4. The number of carbonyl (C=O) groups excluding carboxylic acids is 1. The molecule has 0 aliphatic carbocycles. The molecule has 0 spiro atoms. The average Bonchev–Trinajstić information content (AvgIpc) is 2.47. The molecule has 0 bridgehead atoms. The van der Waals surface area contributed by atoms with Crippen LogP contribution in [0.2, 0.25) is 0 Å². The summed E-state index contributed by atoms with van der Waals surface area (Å²) in [4.78, 5) is 26.6. The molecule has 7 heteroatoms. The molecule has 0 unspecified atom stereocenters. The molecule has 1 heterocycles. The SMILES string of the molecule is COc1cccc(NC(=O)Nc2cccnc2C(=O)O)c1. The second kappa shape index (κ2) is 6.38. The van der Waals surface area contributed by atoms with Crippen molar-refractivity contribution in [1.29, 1.82) is 0 Å². The number of nitrogens with zero attached hydrogens (tertiary/aromatic N) is 1. The van der Waals surface area contributed by atoms with Crippen molar-refractivity contribution >= 4 is 23.4 Å². The Morgan fingerprint density at radius 1 is 1.19 bits per heavy atom. The number of hydrogen-bond donors (Lipinski definition) is 3. The Morgan fingerprint density at radius 2 is 2.00 bits per heavy atom. The van der Waals surface area contributed by atoms with Crippen molar-refractivity contribution in [1.82, 2.24) is 4.98 Å². The number of carbonyl (C=O) groups is 2. The normalized spacial score (nSPS) is 9.76. The number of nitrogens with one attached hydrogen (secondary N) is 2. The smallest absolute Gasteiger partial charge is 0.356 e. The first kappa shape index (κ1) is 14.3. The van der Waals surface area contributed by atoms with Gasteiger partial charge in [-0.1, -0.05) is 6.07 Å². The van der Waals surface area contributed by atoms with Gasteiger partial charge < -0.3 is 20.5 Å². The highest BCUT2D eigenvalue weighted by molar-refractivity contribution is 6.03. The van der Waals surface area contributed by atoms with Gasteiger partial charge in [0.25, 0.3) is 0 Å². The van der Waals surface area contributed by atoms with Crippen LogP contribution in [0.4, 0.5) is 16.2 Å². The summed E-state index contributed by atoms with van der Waals surface area (Å²) in [6.07, 6.45) is 1.34. The minimum atomic E-state index is -1.22. The van der Waals surface area contributed by atoms with E-state index in [2.05, 4.69) is 15.6 Å². The number of urea groups is 1. The highest BCUT2D eigenvalue weighted by Gasteiger charge is 2.13. The molecule has 1 aromatic carbocycles. The van der Waals surface area contributed by atoms with Crippen molar-refractivity contribution in [3.8, 4) is 5.75 Å². The lowest BCUT2D eigenvalue weighted by molar-refractivity contribution is 0.0691. The van der Waals surface area contributed by atoms with Crippen LogP contribution < -0.4 is 15.4 Å². The lowest BCUT2D eigenvalue weighted by Crippen LogP contribution is -2.21. The molecule has 0 saturated carbocycles. The van der Waals surface area contributed by atoms with Crippen LogP contribution in [0.15, 0.2) is 42.6 Å². The van der Waals surface area contributed by atoms with Gasteiger partial charge in [0.2, 0.25) is 0 Å². The van der Waals surface area contributed by atoms with E-state index in [0.717, 1.165) is 0 Å². The number of carboxylic acid groups (broad SMARTS) is 1. The van der Waals surface area contributed by atoms with E-state index in [1.807, 2.05) is 0 Å². The Morgan fingerprint density at radius 3 is 2.71 bits per heavy atom. The fourth-order valence-corrected chi connectivity index (χ4v) is 1.66. The molecule has 1 aromatic heterocycles. The quantitative estimate of drug-likeness (QED) is 0.801. The third-order valence-corrected chi connectivity index (χ3v) is 2.59. The van der Waals surface area contributed by atoms with Gasteiger partial charge in [0, 0.05) is 18.0 Å². The van der Waals surface area contributed by atoms with Gasteiger partial charge in [-0.15, -0.1) is 0 Å². The zero-order valence-electron chi connectivity index (χ0n) is 11.2. The predicted molar refractivity (Wildman–Crippen MR) is 76.8 cm³/mol. The summed E-state index contributed by atoms with van der Waals surface area (Å²) in [7, 11) is 1.52. The van der Waals surface area contributed by atoms with Crippen LogP contribution in [0.1, 0.15) is 10.5 Å². The van der Waals surface area contributed by atoms with E-state index in [4.69, 9.17) is 9.84 Å². The standard InChI is InChI=1S/C14H13N3O4/c1-21-10-5-2-4-9(8-10)16-14(20)17-11-6-3-7-15-12(11)13(18)19/h2-8H,1H3,(H,18,19)(H2,16,17,20). The van der Waals surface area contributed by atoms with E-state index < -0.39 is 12.0 Å². The number of aromatic nitrogens is 1. The molecule has 108 valence electrons. The maximum atomic E-state index is 11.9. The number of hydrogen-bond acceptors (Lipinski definition) is 4. The van der Waals surface area contributed by atoms with Gasteiger partial charge in [0.15, 0.2) is 5.69 Å². The second-order valence-electron chi connectivity index (χ2n) is 4.02. The fraction of sp³-hybridized carbons (Fsp3) is 0.0714. The molecular weight excluding hydrogens is 274 g/mol. The highest BCUT2D eigenvalue weighted by Crippen LogP contribution is 2.17. The maximum Gasteiger partial charge on any atom is 0.356 e. The molecule has 0 saturated heterocycles. The summed E-state index contributed by atoms with van der Waals surface area (Å²) in [6, 6.07) is 9.21. The summed E-state index contributed by atoms with van der Waals surface area (Å²) < 4.78 is 5.05. The van der Waals surface area contributed by atoms with Crippen molar-refractivity contribution in [2.45, 2.75) is 0 Å². The number of anilines is 2. The monoisotopic (exact) mass is 287 g/mol. The molecule has 0 atom stereocenters. The number of pyridine rings is 1. The molecule has 21 heavy (non-hydrogen) atoms. The van der Waals surface area contributed by atoms with E-state index in [-0.39, 0.29) is 11.4 Å². The molecule has 0 aliphatic rings. The van der Waals surface area contributed by atoms with Gasteiger partial charge in [-0.3, -0.25) is 0 Å². The van der Waals surface area contributed by atoms with Crippen molar-refractivity contribution < 1.29 is 19.4 Å². The zero-order valence-corrected chi connectivity index (χ0v) is 11.2. The molecule has 2 amide bonds. The third-order valence-electron chi connectivity index (χ3n) is 2.59. The van der Waals surface area contributed by atoms with Crippen LogP contribution in [0, 0.1) is 0 Å². The van der Waals surface area contributed by atoms with Crippen molar-refractivity contribution in [2.24, 2.45) is 0 Å². The van der Waals surface area contributed by atoms with Crippen LogP contribution in [0.3, 0.4) is 0 Å². The topological polar surface area (TPSA) is 101 Å². The van der Waals surface area contributed by atoms with Gasteiger partial charge in [-0.2, -0.15) is 0 Å². The lowest BCUT2D eigenvalue weighted by atomic mass is 10.3. The summed E-state index contributed by atoms with van der Waals surface area (Å²) in [5.74, 6) is -0.618. The molecule has 3 N–H and O–H groups in total. The number of carboxylic acids is 1. The highest BCUT2D eigenvalue weighted by atomic mass is 16.5. The Labute approximate surface area is 120 Å². The van der Waals surface area contributed by atoms with Crippen LogP contribution >= 0.6 is 0 Å². The summed E-state index contributed by atoms with van der Waals surface area (Å²) in [5.41, 5.74) is 0.413. The van der Waals surface area contributed by atoms with Gasteiger partial charge in [-0.05, 0) is 24.3 Å². The summed E-state index contributed by atoms with van der Waals surface area (Å²) in [6.45, 7) is 0. The predicted octanol–water partition coefficient (Wildman–Crippen LogP) is 2.43. The minimum absolute atomic E-state index is 0.116. The summed E-state index contributed by atoms with van der Waals surface area (Å²) >= 11 is 0. The number of benzene rings is 1. The van der Waals surface area contributed by atoms with E-state index in [1.165, 1.54) is 25.4 Å². The Kier molecular flexibility index (Phi) is 4.35. The van der Waals surface area contributed by atoms with Gasteiger partial charge in [0.1, 0.15) is 5.75 Å². The van der Waals surface area contributed by atoms with E-state index in [9.17, 15) is 9.59 Å². The van der Waals surface area contributed by atoms with Crippen LogP contribution in [-0.2, 0) is 0 Å². The van der Waals surface area contributed by atoms with E-state index in [0.29, 0.717) is 11.4 Å². The molecule has 2 aromatic rings. The van der Waals surface area contributed by atoms with Crippen LogP contribution in [-0.4, -0.2) is 29.2 Å². The summed E-state index contributed by atoms with van der Waals surface area (Å²) in [5, 5.41) is 14.0. The zero-order chi connectivity index (χ0) is 15.2. The Bertz CT molecular complexity index is 673. The van der Waals surface area contributed by atoms with E-state index in [1.54, 1.807) is 24.3 Å². The first-order valence-electron chi connectivity index (χ1n) is 6.00. The van der Waals surface area contributed by atoms with Crippen molar-refractivity contribution in [3.63, 3.8) is 0 Å². The van der Waals surface area contributed by atoms with Crippen molar-refractivity contribution in [2.75, 3.05) is 17.7 Å². The van der Waals surface area contributed by atoms with Crippen molar-refractivity contribution in [3.05, 3.63) is 48.3 Å². The minimum Gasteiger partial charge on any atom is -0.497 e. The molecular formula is C14H13N3O4. The van der Waals surface area contributed by atoms with Crippen LogP contribution in [0.5, 0.6) is 5.75 Å². The first-order valence-corrected chi connectivity index (χ1v) is 6.00. The molecule has 0 aliphatic heterocycles. The Balaban J connectivity index is 2.10. The van der Waals surface area contributed by atoms with E-state index >= 15 is 0 Å². The first-order chi connectivity index (χ1) is 10.1. The average molecular weight is 287 g/mol. The number of amides is 2. The molecule has 0 radical (unpaired) electrons. The Hall–Kier alpha value is -3.09. The third kappa shape index (κ3) is 3.69. The van der Waals surface area contributed by atoms with Gasteiger partial charge in [-0.25, -0.2) is 14.6 Å². The maximum absolute atomic E-state index is 11.9. The molecule has 2 rings (SSSR count). The largest absolute Gasteiger partial charge is 0.497 e. The fourth-order valence-electron chi connectivity index (χ4n) is 1.66.